The van der Waals surface area contributed by atoms with Crippen LogP contribution < -0.4 is 4.90 Å². The molecule has 0 saturated heterocycles. The van der Waals surface area contributed by atoms with E-state index in [4.69, 9.17) is 0 Å². The van der Waals surface area contributed by atoms with Gasteiger partial charge in [-0.2, -0.15) is 0 Å². The number of carbonyl (C=O) groups excluding carboxylic acids is 1. The number of hydrogen-bond acceptors (Lipinski definition) is 1. The maximum absolute atomic E-state index is 12.9. The van der Waals surface area contributed by atoms with Gasteiger partial charge in [0.25, 0.3) is 0 Å². The Morgan fingerprint density at radius 2 is 1.42 bits per heavy atom. The van der Waals surface area contributed by atoms with Crippen LogP contribution in [0, 0.1) is 0 Å². The minimum Gasteiger partial charge on any atom is -0.308 e. The molecule has 3 aromatic carbocycles. The van der Waals surface area contributed by atoms with Gasteiger partial charge in [0.15, 0.2) is 0 Å². The Kier molecular flexibility index (Phi) is 3.87. The van der Waals surface area contributed by atoms with Crippen molar-refractivity contribution in [2.75, 3.05) is 4.90 Å². The van der Waals surface area contributed by atoms with E-state index < -0.39 is 0 Å². The predicted molar refractivity (Wildman–Crippen MR) is 97.0 cm³/mol. The van der Waals surface area contributed by atoms with Gasteiger partial charge in [-0.3, -0.25) is 4.79 Å². The summed E-state index contributed by atoms with van der Waals surface area (Å²) in [4.78, 5) is 14.8. The van der Waals surface area contributed by atoms with Crippen LogP contribution in [0.2, 0.25) is 0 Å². The summed E-state index contributed by atoms with van der Waals surface area (Å²) in [7, 11) is 0. The summed E-state index contributed by atoms with van der Waals surface area (Å²) in [6, 6.07) is 28.8. The lowest BCUT2D eigenvalue weighted by molar-refractivity contribution is -0.119. The van der Waals surface area contributed by atoms with Crippen LogP contribution in [0.15, 0.2) is 84.9 Å². The topological polar surface area (TPSA) is 20.3 Å². The first-order valence-electron chi connectivity index (χ1n) is 8.31. The first-order chi connectivity index (χ1) is 11.8. The first-order valence-corrected chi connectivity index (χ1v) is 8.31. The Morgan fingerprint density at radius 1 is 0.792 bits per heavy atom. The molecule has 0 N–H and O–H groups in total. The molecule has 0 radical (unpaired) electrons. The number of hydrogen-bond donors (Lipinski definition) is 0. The van der Waals surface area contributed by atoms with Gasteiger partial charge in [-0.25, -0.2) is 0 Å². The normalized spacial score (nSPS) is 16.8. The Bertz CT molecular complexity index is 842. The lowest BCUT2D eigenvalue weighted by atomic mass is 9.84. The van der Waals surface area contributed by atoms with E-state index in [1.165, 1.54) is 11.1 Å². The van der Waals surface area contributed by atoms with Crippen LogP contribution in [-0.2, 0) is 11.3 Å². The molecular formula is C22H19NO. The molecule has 1 aliphatic rings. The lowest BCUT2D eigenvalue weighted by Crippen LogP contribution is -2.36. The van der Waals surface area contributed by atoms with Crippen LogP contribution >= 0.6 is 0 Å². The van der Waals surface area contributed by atoms with E-state index in [-0.39, 0.29) is 11.8 Å². The van der Waals surface area contributed by atoms with Crippen molar-refractivity contribution in [3.05, 3.63) is 102 Å². The number of carbonyl (C=O) groups is 1. The number of benzene rings is 3. The SMILES string of the molecule is O=C1CC(c2ccccc2)c2ccccc2N1Cc1ccccc1. The van der Waals surface area contributed by atoms with Crippen molar-refractivity contribution in [1.82, 2.24) is 0 Å². The number of amides is 1. The molecular weight excluding hydrogens is 294 g/mol. The minimum atomic E-state index is 0.141. The summed E-state index contributed by atoms with van der Waals surface area (Å²) < 4.78 is 0. The average molecular weight is 313 g/mol. The van der Waals surface area contributed by atoms with Crippen LogP contribution in [0.25, 0.3) is 0 Å². The van der Waals surface area contributed by atoms with E-state index in [1.54, 1.807) is 0 Å². The number of rotatable bonds is 3. The van der Waals surface area contributed by atoms with Crippen molar-refractivity contribution < 1.29 is 4.79 Å². The van der Waals surface area contributed by atoms with E-state index in [9.17, 15) is 4.79 Å². The summed E-state index contributed by atoms with van der Waals surface area (Å²) in [5.74, 6) is 0.327. The molecule has 1 heterocycles. The Labute approximate surface area is 142 Å². The van der Waals surface area contributed by atoms with Crippen molar-refractivity contribution in [3.8, 4) is 0 Å². The molecule has 0 aromatic heterocycles. The molecule has 1 aliphatic heterocycles. The van der Waals surface area contributed by atoms with Crippen LogP contribution in [0.4, 0.5) is 5.69 Å². The first kappa shape index (κ1) is 14.7. The molecule has 0 fully saturated rings. The molecule has 118 valence electrons. The predicted octanol–water partition coefficient (Wildman–Crippen LogP) is 4.76. The van der Waals surface area contributed by atoms with Crippen molar-refractivity contribution in [2.24, 2.45) is 0 Å². The number of nitrogens with zero attached hydrogens (tertiary/aromatic N) is 1. The van der Waals surface area contributed by atoms with Gasteiger partial charge in [0, 0.05) is 18.0 Å². The van der Waals surface area contributed by atoms with E-state index in [2.05, 4.69) is 42.5 Å². The number of anilines is 1. The molecule has 2 heteroatoms. The van der Waals surface area contributed by atoms with Crippen molar-refractivity contribution in [1.29, 1.82) is 0 Å². The minimum absolute atomic E-state index is 0.141. The summed E-state index contributed by atoms with van der Waals surface area (Å²) >= 11 is 0. The average Bonchev–Trinajstić information content (AvgIpc) is 2.65. The van der Waals surface area contributed by atoms with E-state index in [0.29, 0.717) is 13.0 Å². The fourth-order valence-electron chi connectivity index (χ4n) is 3.48. The fraction of sp³-hybridized carbons (Fsp3) is 0.136. The largest absolute Gasteiger partial charge is 0.308 e. The molecule has 0 saturated carbocycles. The molecule has 1 amide bonds. The highest BCUT2D eigenvalue weighted by Gasteiger charge is 2.31. The van der Waals surface area contributed by atoms with E-state index in [1.807, 2.05) is 47.4 Å². The van der Waals surface area contributed by atoms with Gasteiger partial charge in [0.05, 0.1) is 6.54 Å². The molecule has 0 bridgehead atoms. The molecule has 4 rings (SSSR count). The lowest BCUT2D eigenvalue weighted by Gasteiger charge is -2.34. The van der Waals surface area contributed by atoms with Gasteiger partial charge >= 0.3 is 0 Å². The van der Waals surface area contributed by atoms with Gasteiger partial charge in [0.1, 0.15) is 0 Å². The number of para-hydroxylation sites is 1. The zero-order valence-electron chi connectivity index (χ0n) is 13.4. The van der Waals surface area contributed by atoms with Crippen molar-refractivity contribution >= 4 is 11.6 Å². The van der Waals surface area contributed by atoms with E-state index >= 15 is 0 Å². The van der Waals surface area contributed by atoms with Crippen LogP contribution in [0.1, 0.15) is 29.0 Å². The maximum Gasteiger partial charge on any atom is 0.228 e. The standard InChI is InChI=1S/C22H19NO/c24-22-15-20(18-11-5-2-6-12-18)19-13-7-8-14-21(19)23(22)16-17-9-3-1-4-10-17/h1-14,20H,15-16H2. The smallest absolute Gasteiger partial charge is 0.228 e. The Hall–Kier alpha value is -2.87. The van der Waals surface area contributed by atoms with Crippen LogP contribution in [0.3, 0.4) is 0 Å². The molecule has 1 atom stereocenters. The monoisotopic (exact) mass is 313 g/mol. The molecule has 24 heavy (non-hydrogen) atoms. The molecule has 2 nitrogen and oxygen atoms in total. The van der Waals surface area contributed by atoms with Gasteiger partial charge in [-0.15, -0.1) is 0 Å². The highest BCUT2D eigenvalue weighted by molar-refractivity contribution is 5.97. The zero-order chi connectivity index (χ0) is 16.4. The van der Waals surface area contributed by atoms with Crippen molar-refractivity contribution in [2.45, 2.75) is 18.9 Å². The maximum atomic E-state index is 12.9. The summed E-state index contributed by atoms with van der Waals surface area (Å²) in [5, 5.41) is 0. The molecule has 0 spiro atoms. The summed E-state index contributed by atoms with van der Waals surface area (Å²) in [6.07, 6.45) is 0.522. The molecule has 3 aromatic rings. The van der Waals surface area contributed by atoms with Gasteiger partial charge in [0.2, 0.25) is 5.91 Å². The third kappa shape index (κ3) is 2.71. The second kappa shape index (κ2) is 6.32. The Balaban J connectivity index is 1.74. The highest BCUT2D eigenvalue weighted by atomic mass is 16.2. The Morgan fingerprint density at radius 3 is 2.17 bits per heavy atom. The van der Waals surface area contributed by atoms with Crippen molar-refractivity contribution in [3.63, 3.8) is 0 Å². The zero-order valence-corrected chi connectivity index (χ0v) is 13.4. The van der Waals surface area contributed by atoms with Gasteiger partial charge < -0.3 is 4.90 Å². The van der Waals surface area contributed by atoms with E-state index in [0.717, 1.165) is 11.3 Å². The molecule has 0 aliphatic carbocycles. The van der Waals surface area contributed by atoms with Gasteiger partial charge in [-0.05, 0) is 22.8 Å². The number of fused-ring (bicyclic) bond motifs is 1. The summed E-state index contributed by atoms with van der Waals surface area (Å²) in [5.41, 5.74) is 4.63. The fourth-order valence-corrected chi connectivity index (χ4v) is 3.48. The quantitative estimate of drug-likeness (QED) is 0.683. The molecule has 1 unspecified atom stereocenters. The van der Waals surface area contributed by atoms with Crippen LogP contribution in [-0.4, -0.2) is 5.91 Å². The summed E-state index contributed by atoms with van der Waals surface area (Å²) in [6.45, 7) is 0.623. The third-order valence-corrected chi connectivity index (χ3v) is 4.67. The third-order valence-electron chi connectivity index (χ3n) is 4.67. The second-order valence-corrected chi connectivity index (χ2v) is 6.19. The van der Waals surface area contributed by atoms with Crippen LogP contribution in [0.5, 0.6) is 0 Å². The highest BCUT2D eigenvalue weighted by Crippen LogP contribution is 2.40. The van der Waals surface area contributed by atoms with Gasteiger partial charge in [-0.1, -0.05) is 78.9 Å². The second-order valence-electron chi connectivity index (χ2n) is 6.19.